The summed E-state index contributed by atoms with van der Waals surface area (Å²) in [6.07, 6.45) is 4.05. The van der Waals surface area contributed by atoms with Crippen LogP contribution >= 0.6 is 0 Å². The molecule has 3 N–H and O–H groups in total. The van der Waals surface area contributed by atoms with Crippen LogP contribution in [-0.2, 0) is 22.4 Å². The summed E-state index contributed by atoms with van der Waals surface area (Å²) in [6.45, 7) is 7.11. The van der Waals surface area contributed by atoms with E-state index in [1.165, 1.54) is 26.8 Å². The lowest BCUT2D eigenvalue weighted by molar-refractivity contribution is -0.132. The maximum Gasteiger partial charge on any atom is 0.260 e. The van der Waals surface area contributed by atoms with Crippen LogP contribution in [-0.4, -0.2) is 55.6 Å². The van der Waals surface area contributed by atoms with Gasteiger partial charge in [-0.3, -0.25) is 15.0 Å². The fourth-order valence-electron chi connectivity index (χ4n) is 7.05. The molecular weight excluding hydrogens is 572 g/mol. The molecule has 1 saturated heterocycles. The van der Waals surface area contributed by atoms with Crippen LogP contribution in [0.5, 0.6) is 0 Å². The maximum absolute atomic E-state index is 14.6. The largest absolute Gasteiger partial charge is 0.363 e. The van der Waals surface area contributed by atoms with Crippen molar-refractivity contribution in [1.82, 2.24) is 15.8 Å². The van der Waals surface area contributed by atoms with Crippen molar-refractivity contribution >= 4 is 34.7 Å². The fraction of sp³-hybridized carbons (Fsp3) is 0.282. The molecule has 1 atom stereocenters. The first-order chi connectivity index (χ1) is 22.5. The number of nitrogens with one attached hydrogen (secondary N) is 3. The minimum atomic E-state index is -0.490. The summed E-state index contributed by atoms with van der Waals surface area (Å²) in [5.74, 6) is -0.243. The quantitative estimate of drug-likeness (QED) is 0.262. The van der Waals surface area contributed by atoms with E-state index in [1.807, 2.05) is 42.3 Å². The van der Waals surface area contributed by atoms with Crippen LogP contribution in [0.25, 0.3) is 11.6 Å². The predicted octanol–water partition coefficient (Wildman–Crippen LogP) is 3.97. The van der Waals surface area contributed by atoms with Gasteiger partial charge < -0.3 is 15.4 Å². The summed E-state index contributed by atoms with van der Waals surface area (Å²) in [4.78, 5) is 27.5. The smallest absolute Gasteiger partial charge is 0.260 e. The number of piperazine rings is 1. The van der Waals surface area contributed by atoms with Gasteiger partial charge in [-0.15, -0.1) is 0 Å². The highest BCUT2D eigenvalue weighted by molar-refractivity contribution is 6.26. The lowest BCUT2D eigenvalue weighted by atomic mass is 9.81. The van der Waals surface area contributed by atoms with Crippen LogP contribution < -0.4 is 26.5 Å². The van der Waals surface area contributed by atoms with E-state index in [1.54, 1.807) is 0 Å². The summed E-state index contributed by atoms with van der Waals surface area (Å²) in [5.41, 5.74) is 10.8. The molecule has 7 rings (SSSR count). The van der Waals surface area contributed by atoms with E-state index in [0.717, 1.165) is 66.7 Å². The molecule has 3 aliphatic rings. The molecule has 1 aliphatic heterocycles. The number of ketones is 1. The second kappa shape index (κ2) is 13.0. The molecule has 2 aliphatic carbocycles. The minimum absolute atomic E-state index is 0.0476. The van der Waals surface area contributed by atoms with Crippen molar-refractivity contribution in [3.8, 4) is 0 Å². The van der Waals surface area contributed by atoms with Crippen LogP contribution in [0.15, 0.2) is 78.9 Å². The Morgan fingerprint density at radius 2 is 1.65 bits per heavy atom. The van der Waals surface area contributed by atoms with Crippen LogP contribution in [0.1, 0.15) is 39.0 Å². The van der Waals surface area contributed by atoms with Crippen molar-refractivity contribution in [1.29, 1.82) is 0 Å². The van der Waals surface area contributed by atoms with E-state index in [9.17, 15) is 9.59 Å². The van der Waals surface area contributed by atoms with Gasteiger partial charge in [0.15, 0.2) is 5.78 Å². The number of hydrogen-bond donors (Lipinski definition) is 3. The van der Waals surface area contributed by atoms with Gasteiger partial charge in [0, 0.05) is 48.7 Å². The molecule has 0 saturated carbocycles. The van der Waals surface area contributed by atoms with E-state index in [0.29, 0.717) is 17.6 Å². The number of fused-ring (bicyclic) bond motifs is 4. The van der Waals surface area contributed by atoms with E-state index in [2.05, 4.69) is 77.6 Å². The Bertz CT molecular complexity index is 2050. The summed E-state index contributed by atoms with van der Waals surface area (Å²) >= 11 is 0. The number of carbonyl (C=O) groups is 2. The van der Waals surface area contributed by atoms with E-state index >= 15 is 0 Å². The Kier molecular flexibility index (Phi) is 8.54. The Morgan fingerprint density at radius 1 is 0.870 bits per heavy atom. The zero-order valence-corrected chi connectivity index (χ0v) is 26.5. The van der Waals surface area contributed by atoms with Crippen molar-refractivity contribution in [2.75, 3.05) is 38.1 Å². The third-order valence-corrected chi connectivity index (χ3v) is 9.43. The normalized spacial score (nSPS) is 17.3. The number of para-hydroxylation sites is 1. The SMILES string of the molecule is Cc1ccccc1Nc1ccc(C(=O)C2=c3ccc4c(c3CCC2OCC(=O)NN2CCNCC2)CC=c2ccccc2=4)c(C)c1. The lowest BCUT2D eigenvalue weighted by Gasteiger charge is -2.29. The fourth-order valence-corrected chi connectivity index (χ4v) is 7.05. The molecule has 234 valence electrons. The van der Waals surface area contributed by atoms with Crippen LogP contribution in [0.2, 0.25) is 0 Å². The highest BCUT2D eigenvalue weighted by Gasteiger charge is 2.31. The first-order valence-corrected chi connectivity index (χ1v) is 16.3. The zero-order valence-electron chi connectivity index (χ0n) is 26.5. The van der Waals surface area contributed by atoms with Gasteiger partial charge in [-0.05, 0) is 101 Å². The first kappa shape index (κ1) is 30.1. The minimum Gasteiger partial charge on any atom is -0.363 e. The van der Waals surface area contributed by atoms with Gasteiger partial charge in [-0.25, -0.2) is 5.01 Å². The second-order valence-corrected chi connectivity index (χ2v) is 12.4. The molecular formula is C39H40N4O3. The van der Waals surface area contributed by atoms with Gasteiger partial charge in [-0.2, -0.15) is 0 Å². The molecule has 0 bridgehead atoms. The number of amides is 1. The van der Waals surface area contributed by atoms with Crippen LogP contribution in [0.3, 0.4) is 0 Å². The van der Waals surface area contributed by atoms with Gasteiger partial charge in [-0.1, -0.05) is 60.7 Å². The van der Waals surface area contributed by atoms with Crippen LogP contribution in [0.4, 0.5) is 11.4 Å². The standard InChI is InChI=1S/C39H40N4O3/c1-25-7-3-6-10-35(25)41-28-12-14-29(26(2)23-28)39(45)38-34-16-15-31-30-9-5-4-8-27(30)11-13-32(31)33(34)17-18-36(38)46-24-37(44)42-43-21-19-40-20-22-43/h3-12,14-16,23,36,40-41H,13,17-22,24H2,1-2H3,(H,42,44). The molecule has 4 aromatic carbocycles. The lowest BCUT2D eigenvalue weighted by Crippen LogP contribution is -2.53. The number of anilines is 2. The third kappa shape index (κ3) is 6.01. The number of aryl methyl sites for hydroxylation is 2. The van der Waals surface area contributed by atoms with Gasteiger partial charge in [0.25, 0.3) is 5.91 Å². The molecule has 1 fully saturated rings. The number of ether oxygens (including phenoxy) is 1. The Labute approximate surface area is 269 Å². The Hall–Kier alpha value is -4.56. The van der Waals surface area contributed by atoms with Crippen molar-refractivity contribution < 1.29 is 14.3 Å². The molecule has 4 aromatic rings. The number of nitrogens with zero attached hydrogens (tertiary/aromatic N) is 1. The highest BCUT2D eigenvalue weighted by atomic mass is 16.5. The summed E-state index contributed by atoms with van der Waals surface area (Å²) in [7, 11) is 0. The topological polar surface area (TPSA) is 82.7 Å². The summed E-state index contributed by atoms with van der Waals surface area (Å²) in [5, 5.41) is 13.4. The van der Waals surface area contributed by atoms with E-state index in [4.69, 9.17) is 4.74 Å². The zero-order chi connectivity index (χ0) is 31.6. The van der Waals surface area contributed by atoms with E-state index < -0.39 is 6.10 Å². The molecule has 0 radical (unpaired) electrons. The predicted molar refractivity (Wildman–Crippen MR) is 182 cm³/mol. The molecule has 0 spiro atoms. The van der Waals surface area contributed by atoms with Crippen molar-refractivity contribution in [3.63, 3.8) is 0 Å². The van der Waals surface area contributed by atoms with Gasteiger partial charge >= 0.3 is 0 Å². The molecule has 1 amide bonds. The van der Waals surface area contributed by atoms with Crippen molar-refractivity contribution in [2.45, 2.75) is 39.2 Å². The third-order valence-electron chi connectivity index (χ3n) is 9.43. The molecule has 1 heterocycles. The van der Waals surface area contributed by atoms with Gasteiger partial charge in [0.1, 0.15) is 6.61 Å². The number of hydrogen-bond acceptors (Lipinski definition) is 6. The van der Waals surface area contributed by atoms with Gasteiger partial charge in [0.2, 0.25) is 0 Å². The number of carbonyl (C=O) groups excluding carboxylic acids is 2. The molecule has 1 unspecified atom stereocenters. The van der Waals surface area contributed by atoms with Crippen molar-refractivity contribution in [3.05, 3.63) is 128 Å². The second-order valence-electron chi connectivity index (χ2n) is 12.4. The Morgan fingerprint density at radius 3 is 2.48 bits per heavy atom. The number of benzene rings is 4. The monoisotopic (exact) mass is 612 g/mol. The Balaban J connectivity index is 1.26. The average molecular weight is 613 g/mol. The number of hydrazine groups is 1. The molecule has 0 aromatic heterocycles. The first-order valence-electron chi connectivity index (χ1n) is 16.3. The summed E-state index contributed by atoms with van der Waals surface area (Å²) < 4.78 is 6.32. The number of rotatable bonds is 8. The van der Waals surface area contributed by atoms with Gasteiger partial charge in [0.05, 0.1) is 6.10 Å². The molecule has 7 heteroatoms. The summed E-state index contributed by atoms with van der Waals surface area (Å²) in [6, 6.07) is 26.8. The molecule has 7 nitrogen and oxygen atoms in total. The van der Waals surface area contributed by atoms with Crippen molar-refractivity contribution in [2.24, 2.45) is 0 Å². The average Bonchev–Trinajstić information content (AvgIpc) is 3.08. The number of Topliss-reactive ketones (excluding diaryl/α,β-unsaturated/α-hetero) is 1. The molecule has 46 heavy (non-hydrogen) atoms. The maximum atomic E-state index is 14.6. The van der Waals surface area contributed by atoms with Crippen LogP contribution in [0, 0.1) is 24.3 Å². The van der Waals surface area contributed by atoms with E-state index in [-0.39, 0.29) is 18.3 Å². The highest BCUT2D eigenvalue weighted by Crippen LogP contribution is 2.29.